The Balaban J connectivity index is 1.85. The second kappa shape index (κ2) is 10.3. The van der Waals surface area contributed by atoms with Crippen LogP contribution < -0.4 is 9.46 Å². The summed E-state index contributed by atoms with van der Waals surface area (Å²) >= 11 is 6.16. The van der Waals surface area contributed by atoms with Crippen molar-refractivity contribution >= 4 is 27.5 Å². The molecule has 9 heteroatoms. The molecule has 1 saturated heterocycles. The molecule has 7 nitrogen and oxygen atoms in total. The molecule has 0 unspecified atom stereocenters. The number of carbonyl (C=O) groups is 1. The van der Waals surface area contributed by atoms with E-state index >= 15 is 0 Å². The van der Waals surface area contributed by atoms with Crippen LogP contribution in [0.3, 0.4) is 0 Å². The third kappa shape index (κ3) is 5.72. The molecule has 1 aliphatic rings. The zero-order chi connectivity index (χ0) is 21.6. The fourth-order valence-corrected chi connectivity index (χ4v) is 4.72. The third-order valence-corrected chi connectivity index (χ3v) is 6.48. The Kier molecular flexibility index (Phi) is 7.71. The number of sulfonamides is 1. The molecular formula is C21H25ClN2O5S. The fourth-order valence-electron chi connectivity index (χ4n) is 3.21. The molecule has 162 valence electrons. The van der Waals surface area contributed by atoms with Gasteiger partial charge in [-0.25, -0.2) is 8.42 Å². The summed E-state index contributed by atoms with van der Waals surface area (Å²) in [5, 5.41) is 0.193. The number of rotatable bonds is 8. The van der Waals surface area contributed by atoms with E-state index in [1.807, 2.05) is 37.3 Å². The molecule has 0 radical (unpaired) electrons. The lowest BCUT2D eigenvalue weighted by Gasteiger charge is -2.30. The van der Waals surface area contributed by atoms with Gasteiger partial charge in [0.2, 0.25) is 15.9 Å². The minimum absolute atomic E-state index is 0.0243. The first-order valence-electron chi connectivity index (χ1n) is 9.76. The van der Waals surface area contributed by atoms with Crippen molar-refractivity contribution in [2.75, 3.05) is 32.9 Å². The van der Waals surface area contributed by atoms with Crippen LogP contribution in [-0.2, 0) is 26.0 Å². The van der Waals surface area contributed by atoms with Crippen LogP contribution in [0.1, 0.15) is 12.5 Å². The summed E-state index contributed by atoms with van der Waals surface area (Å²) in [6.45, 7) is 3.96. The van der Waals surface area contributed by atoms with Crippen molar-refractivity contribution in [2.45, 2.75) is 24.3 Å². The van der Waals surface area contributed by atoms with Gasteiger partial charge in [0.15, 0.2) is 0 Å². The molecule has 1 atom stereocenters. The van der Waals surface area contributed by atoms with Crippen molar-refractivity contribution in [3.63, 3.8) is 0 Å². The molecule has 1 fully saturated rings. The highest BCUT2D eigenvalue weighted by Gasteiger charge is 2.30. The van der Waals surface area contributed by atoms with E-state index in [4.69, 9.17) is 21.1 Å². The number of amides is 1. The van der Waals surface area contributed by atoms with Crippen molar-refractivity contribution in [3.05, 3.63) is 59.1 Å². The average molecular weight is 453 g/mol. The minimum Gasteiger partial charge on any atom is -0.492 e. The van der Waals surface area contributed by atoms with Crippen LogP contribution in [0.25, 0.3) is 0 Å². The number of morpholine rings is 1. The quantitative estimate of drug-likeness (QED) is 0.665. The van der Waals surface area contributed by atoms with Gasteiger partial charge in [-0.05, 0) is 37.1 Å². The molecule has 1 amide bonds. The molecule has 2 aromatic carbocycles. The Morgan fingerprint density at radius 1 is 1.20 bits per heavy atom. The zero-order valence-electron chi connectivity index (χ0n) is 16.7. The summed E-state index contributed by atoms with van der Waals surface area (Å²) in [5.74, 6) is 0.131. The largest absolute Gasteiger partial charge is 0.492 e. The number of nitrogens with one attached hydrogen (secondary N) is 1. The highest BCUT2D eigenvalue weighted by atomic mass is 35.5. The van der Waals surface area contributed by atoms with Crippen LogP contribution in [0.4, 0.5) is 0 Å². The smallest absolute Gasteiger partial charge is 0.241 e. The van der Waals surface area contributed by atoms with Crippen LogP contribution in [0, 0.1) is 0 Å². The maximum Gasteiger partial charge on any atom is 0.241 e. The molecule has 0 aliphatic carbocycles. The molecule has 30 heavy (non-hydrogen) atoms. The Hall–Kier alpha value is -2.13. The van der Waals surface area contributed by atoms with Crippen LogP contribution in [-0.4, -0.2) is 58.2 Å². The highest BCUT2D eigenvalue weighted by molar-refractivity contribution is 7.89. The van der Waals surface area contributed by atoms with Crippen LogP contribution in [0.2, 0.25) is 5.02 Å². The number of ether oxygens (including phenoxy) is 2. The van der Waals surface area contributed by atoms with E-state index in [2.05, 4.69) is 4.72 Å². The van der Waals surface area contributed by atoms with E-state index in [1.165, 1.54) is 18.2 Å². The molecule has 1 heterocycles. The molecule has 1 N–H and O–H groups in total. The molecule has 2 aromatic rings. The Bertz CT molecular complexity index is 963. The summed E-state index contributed by atoms with van der Waals surface area (Å²) < 4.78 is 39.3. The Morgan fingerprint density at radius 3 is 2.53 bits per heavy atom. The first-order valence-corrected chi connectivity index (χ1v) is 11.6. The van der Waals surface area contributed by atoms with Gasteiger partial charge >= 0.3 is 0 Å². The van der Waals surface area contributed by atoms with Gasteiger partial charge in [-0.2, -0.15) is 4.72 Å². The zero-order valence-corrected chi connectivity index (χ0v) is 18.3. The summed E-state index contributed by atoms with van der Waals surface area (Å²) in [6, 6.07) is 12.6. The number of benzene rings is 2. The first-order chi connectivity index (χ1) is 14.4. The van der Waals surface area contributed by atoms with Crippen LogP contribution >= 0.6 is 11.6 Å². The Labute approximate surface area is 182 Å². The summed E-state index contributed by atoms with van der Waals surface area (Å²) in [7, 11) is -3.99. The van der Waals surface area contributed by atoms with Crippen molar-refractivity contribution in [1.82, 2.24) is 9.62 Å². The standard InChI is InChI=1S/C21H25ClN2O5S/c1-2-29-20-9-8-17(15-18(20)22)30(26,27)23-19(14-16-6-4-3-5-7-16)21(25)24-10-12-28-13-11-24/h3-9,15,19,23H,2,10-14H2,1H3/t19-/m0/s1. The number of hydrogen-bond acceptors (Lipinski definition) is 5. The summed E-state index contributed by atoms with van der Waals surface area (Å²) in [4.78, 5) is 14.7. The average Bonchev–Trinajstić information content (AvgIpc) is 2.75. The van der Waals surface area contributed by atoms with E-state index in [0.717, 1.165) is 5.56 Å². The molecule has 0 aromatic heterocycles. The van der Waals surface area contributed by atoms with Crippen molar-refractivity contribution in [2.24, 2.45) is 0 Å². The fraction of sp³-hybridized carbons (Fsp3) is 0.381. The lowest BCUT2D eigenvalue weighted by atomic mass is 10.1. The molecule has 1 aliphatic heterocycles. The van der Waals surface area contributed by atoms with E-state index < -0.39 is 16.1 Å². The van der Waals surface area contributed by atoms with Gasteiger partial charge in [-0.3, -0.25) is 4.79 Å². The van der Waals surface area contributed by atoms with Gasteiger partial charge in [-0.1, -0.05) is 41.9 Å². The molecule has 0 saturated carbocycles. The molecule has 0 spiro atoms. The molecular weight excluding hydrogens is 428 g/mol. The number of carbonyl (C=O) groups excluding carboxylic acids is 1. The summed E-state index contributed by atoms with van der Waals surface area (Å²) in [6.07, 6.45) is 0.237. The first kappa shape index (κ1) is 22.6. The van der Waals surface area contributed by atoms with Gasteiger partial charge in [-0.15, -0.1) is 0 Å². The van der Waals surface area contributed by atoms with Crippen LogP contribution in [0.15, 0.2) is 53.4 Å². The van der Waals surface area contributed by atoms with Crippen molar-refractivity contribution in [3.8, 4) is 5.75 Å². The predicted octanol–water partition coefficient (Wildman–Crippen LogP) is 2.49. The maximum absolute atomic E-state index is 13.1. The minimum atomic E-state index is -3.99. The van der Waals surface area contributed by atoms with E-state index in [9.17, 15) is 13.2 Å². The van der Waals surface area contributed by atoms with E-state index in [1.54, 1.807) is 4.90 Å². The van der Waals surface area contributed by atoms with E-state index in [0.29, 0.717) is 38.7 Å². The van der Waals surface area contributed by atoms with Gasteiger partial charge in [0.1, 0.15) is 11.8 Å². The normalized spacial score (nSPS) is 15.6. The summed E-state index contributed by atoms with van der Waals surface area (Å²) in [5.41, 5.74) is 0.858. The lowest BCUT2D eigenvalue weighted by Crippen LogP contribution is -2.52. The third-order valence-electron chi connectivity index (χ3n) is 4.71. The predicted molar refractivity (Wildman–Crippen MR) is 114 cm³/mol. The molecule has 0 bridgehead atoms. The number of nitrogens with zero attached hydrogens (tertiary/aromatic N) is 1. The van der Waals surface area contributed by atoms with Gasteiger partial charge in [0.05, 0.1) is 29.7 Å². The Morgan fingerprint density at radius 2 is 1.90 bits per heavy atom. The van der Waals surface area contributed by atoms with Crippen molar-refractivity contribution < 1.29 is 22.7 Å². The second-order valence-electron chi connectivity index (χ2n) is 6.83. The SMILES string of the molecule is CCOc1ccc(S(=O)(=O)N[C@@H](Cc2ccccc2)C(=O)N2CCOCC2)cc1Cl. The monoisotopic (exact) mass is 452 g/mol. The topological polar surface area (TPSA) is 84.9 Å². The number of hydrogen-bond donors (Lipinski definition) is 1. The highest BCUT2D eigenvalue weighted by Crippen LogP contribution is 2.27. The van der Waals surface area contributed by atoms with E-state index in [-0.39, 0.29) is 22.2 Å². The van der Waals surface area contributed by atoms with Gasteiger partial charge in [0, 0.05) is 13.1 Å². The van der Waals surface area contributed by atoms with Crippen LogP contribution in [0.5, 0.6) is 5.75 Å². The lowest BCUT2D eigenvalue weighted by molar-refractivity contribution is -0.137. The maximum atomic E-state index is 13.1. The van der Waals surface area contributed by atoms with Gasteiger partial charge in [0.25, 0.3) is 0 Å². The number of halogens is 1. The van der Waals surface area contributed by atoms with Crippen molar-refractivity contribution in [1.29, 1.82) is 0 Å². The van der Waals surface area contributed by atoms with Gasteiger partial charge < -0.3 is 14.4 Å². The second-order valence-corrected chi connectivity index (χ2v) is 8.95. The molecule has 3 rings (SSSR count).